The topological polar surface area (TPSA) is 89.3 Å². The van der Waals surface area contributed by atoms with Crippen LogP contribution in [0.3, 0.4) is 0 Å². The van der Waals surface area contributed by atoms with E-state index in [0.29, 0.717) is 12.8 Å². The smallest absolute Gasteiger partial charge is 0.237 e. The van der Waals surface area contributed by atoms with Gasteiger partial charge in [-0.2, -0.15) is 4.72 Å². The Kier molecular flexibility index (Phi) is 4.46. The summed E-state index contributed by atoms with van der Waals surface area (Å²) in [4.78, 5) is 11.5. The van der Waals surface area contributed by atoms with E-state index in [2.05, 4.69) is 10.6 Å². The lowest BCUT2D eigenvalue weighted by Gasteiger charge is -2.19. The van der Waals surface area contributed by atoms with Gasteiger partial charge in [0.25, 0.3) is 0 Å². The van der Waals surface area contributed by atoms with Crippen LogP contribution in [0, 0.1) is 12.3 Å². The van der Waals surface area contributed by atoms with Crippen molar-refractivity contribution in [2.24, 2.45) is 5.73 Å². The monoisotopic (exact) mass is 304 g/mol. The predicted molar refractivity (Wildman–Crippen MR) is 81.2 cm³/mol. The number of benzene rings is 1. The van der Waals surface area contributed by atoms with Crippen LogP contribution in [0.25, 0.3) is 6.08 Å². The number of carbonyl (C=O) groups is 1. The summed E-state index contributed by atoms with van der Waals surface area (Å²) in [6, 6.07) is 6.51. The van der Waals surface area contributed by atoms with Gasteiger partial charge in [0.1, 0.15) is 6.04 Å². The molecule has 1 aliphatic rings. The van der Waals surface area contributed by atoms with Gasteiger partial charge in [-0.25, -0.2) is 8.42 Å². The molecule has 1 aromatic rings. The molecule has 0 radical (unpaired) electrons. The standard InChI is InChI=1S/C15H16N2O3S/c1-2-5-14(15(16)18)17-21(19,20)13-9-8-11-6-3-4-7-12(11)10-13/h1,3-4,6-7,10,14,17H,5,8-9H2,(H2,16,18)/t14-/m1/s1. The third kappa shape index (κ3) is 3.51. The Morgan fingerprint density at radius 2 is 2.10 bits per heavy atom. The van der Waals surface area contributed by atoms with E-state index < -0.39 is 22.0 Å². The van der Waals surface area contributed by atoms with Crippen LogP contribution in [0.5, 0.6) is 0 Å². The van der Waals surface area contributed by atoms with Crippen molar-refractivity contribution in [2.75, 3.05) is 0 Å². The van der Waals surface area contributed by atoms with Gasteiger partial charge in [0.2, 0.25) is 15.9 Å². The number of hydrogen-bond donors (Lipinski definition) is 2. The third-order valence-corrected chi connectivity index (χ3v) is 4.93. The first-order valence-electron chi connectivity index (χ1n) is 6.47. The molecule has 1 aromatic carbocycles. The number of fused-ring (bicyclic) bond motifs is 1. The number of nitrogens with one attached hydrogen (secondary N) is 1. The maximum atomic E-state index is 12.3. The minimum atomic E-state index is -3.78. The molecule has 21 heavy (non-hydrogen) atoms. The summed E-state index contributed by atoms with van der Waals surface area (Å²) in [6.07, 6.45) is 7.69. The van der Waals surface area contributed by atoms with Crippen molar-refractivity contribution < 1.29 is 13.2 Å². The highest BCUT2D eigenvalue weighted by Gasteiger charge is 2.26. The Hall–Kier alpha value is -2.10. The highest BCUT2D eigenvalue weighted by atomic mass is 32.2. The average Bonchev–Trinajstić information content (AvgIpc) is 2.46. The largest absolute Gasteiger partial charge is 0.368 e. The molecule has 3 N–H and O–H groups in total. The number of allylic oxidation sites excluding steroid dienone is 1. The lowest BCUT2D eigenvalue weighted by molar-refractivity contribution is -0.119. The lowest BCUT2D eigenvalue weighted by atomic mass is 9.98. The summed E-state index contributed by atoms with van der Waals surface area (Å²) in [5.74, 6) is 1.46. The van der Waals surface area contributed by atoms with E-state index in [4.69, 9.17) is 12.2 Å². The Balaban J connectivity index is 2.27. The molecule has 1 atom stereocenters. The molecule has 0 fully saturated rings. The zero-order chi connectivity index (χ0) is 15.5. The molecule has 0 spiro atoms. The number of carbonyl (C=O) groups excluding carboxylic acids is 1. The van der Waals surface area contributed by atoms with E-state index in [9.17, 15) is 13.2 Å². The molecule has 0 aliphatic heterocycles. The first-order valence-corrected chi connectivity index (χ1v) is 7.96. The molecule has 5 nitrogen and oxygen atoms in total. The van der Waals surface area contributed by atoms with E-state index in [0.717, 1.165) is 11.1 Å². The maximum absolute atomic E-state index is 12.3. The van der Waals surface area contributed by atoms with Gasteiger partial charge in [0.05, 0.1) is 4.91 Å². The molecule has 0 saturated heterocycles. The third-order valence-electron chi connectivity index (χ3n) is 3.32. The highest BCUT2D eigenvalue weighted by Crippen LogP contribution is 2.26. The number of terminal acetylenes is 1. The molecule has 1 aliphatic carbocycles. The number of amides is 1. The summed E-state index contributed by atoms with van der Waals surface area (Å²) < 4.78 is 26.9. The molecule has 0 aromatic heterocycles. The van der Waals surface area contributed by atoms with Gasteiger partial charge in [-0.3, -0.25) is 4.79 Å². The Labute approximate surface area is 124 Å². The Bertz CT molecular complexity index is 730. The Morgan fingerprint density at radius 1 is 1.38 bits per heavy atom. The molecular formula is C15H16N2O3S. The number of sulfonamides is 1. The molecule has 110 valence electrons. The summed E-state index contributed by atoms with van der Waals surface area (Å²) in [5, 5.41) is 0. The molecule has 1 amide bonds. The van der Waals surface area contributed by atoms with Crippen molar-refractivity contribution in [3.05, 3.63) is 40.3 Å². The molecule has 0 unspecified atom stereocenters. The molecule has 0 saturated carbocycles. The van der Waals surface area contributed by atoms with E-state index in [-0.39, 0.29) is 11.3 Å². The highest BCUT2D eigenvalue weighted by molar-refractivity contribution is 7.93. The van der Waals surface area contributed by atoms with E-state index in [1.165, 1.54) is 0 Å². The van der Waals surface area contributed by atoms with Gasteiger partial charge < -0.3 is 5.73 Å². The summed E-state index contributed by atoms with van der Waals surface area (Å²) in [5.41, 5.74) is 7.13. The van der Waals surface area contributed by atoms with Crippen LogP contribution in [-0.4, -0.2) is 20.4 Å². The van der Waals surface area contributed by atoms with Crippen LogP contribution in [-0.2, 0) is 21.2 Å². The van der Waals surface area contributed by atoms with Crippen molar-refractivity contribution in [3.63, 3.8) is 0 Å². The quantitative estimate of drug-likeness (QED) is 0.787. The molecule has 0 heterocycles. The van der Waals surface area contributed by atoms with Gasteiger partial charge >= 0.3 is 0 Å². The van der Waals surface area contributed by atoms with Crippen LogP contribution in [0.4, 0.5) is 0 Å². The van der Waals surface area contributed by atoms with Gasteiger partial charge in [0, 0.05) is 6.42 Å². The SMILES string of the molecule is C#CC[C@@H](NS(=O)(=O)C1=Cc2ccccc2CC1)C(N)=O. The van der Waals surface area contributed by atoms with Gasteiger partial charge in [0.15, 0.2) is 0 Å². The normalized spacial score (nSPS) is 15.5. The fraction of sp³-hybridized carbons (Fsp3) is 0.267. The van der Waals surface area contributed by atoms with E-state index >= 15 is 0 Å². The summed E-state index contributed by atoms with van der Waals surface area (Å²) in [7, 11) is -3.78. The molecular weight excluding hydrogens is 288 g/mol. The number of aryl methyl sites for hydroxylation is 1. The second kappa shape index (κ2) is 6.12. The van der Waals surface area contributed by atoms with Crippen molar-refractivity contribution in [1.82, 2.24) is 4.72 Å². The van der Waals surface area contributed by atoms with Crippen LogP contribution in [0.1, 0.15) is 24.0 Å². The number of hydrogen-bond acceptors (Lipinski definition) is 3. The minimum absolute atomic E-state index is 0.0710. The van der Waals surface area contributed by atoms with Crippen LogP contribution in [0.15, 0.2) is 29.2 Å². The lowest BCUT2D eigenvalue weighted by Crippen LogP contribution is -2.44. The van der Waals surface area contributed by atoms with Crippen molar-refractivity contribution >= 4 is 22.0 Å². The van der Waals surface area contributed by atoms with Gasteiger partial charge in [-0.15, -0.1) is 12.3 Å². The summed E-state index contributed by atoms with van der Waals surface area (Å²) in [6.45, 7) is 0. The molecule has 6 heteroatoms. The fourth-order valence-electron chi connectivity index (χ4n) is 2.20. The Morgan fingerprint density at radius 3 is 2.76 bits per heavy atom. The molecule has 0 bridgehead atoms. The zero-order valence-corrected chi connectivity index (χ0v) is 12.2. The zero-order valence-electron chi connectivity index (χ0n) is 11.4. The van der Waals surface area contributed by atoms with Crippen molar-refractivity contribution in [3.8, 4) is 12.3 Å². The first-order chi connectivity index (χ1) is 9.94. The second-order valence-electron chi connectivity index (χ2n) is 4.79. The first kappa shape index (κ1) is 15.3. The number of primary amides is 1. The number of rotatable bonds is 5. The van der Waals surface area contributed by atoms with Crippen LogP contribution in [0.2, 0.25) is 0 Å². The molecule has 2 rings (SSSR count). The van der Waals surface area contributed by atoms with Crippen LogP contribution >= 0.6 is 0 Å². The van der Waals surface area contributed by atoms with Crippen molar-refractivity contribution in [1.29, 1.82) is 0 Å². The minimum Gasteiger partial charge on any atom is -0.368 e. The van der Waals surface area contributed by atoms with Crippen molar-refractivity contribution in [2.45, 2.75) is 25.3 Å². The van der Waals surface area contributed by atoms with Gasteiger partial charge in [-0.05, 0) is 30.0 Å². The fourth-order valence-corrected chi connectivity index (χ4v) is 3.58. The van der Waals surface area contributed by atoms with E-state index in [1.807, 2.05) is 24.3 Å². The predicted octanol–water partition coefficient (Wildman–Crippen LogP) is 0.770. The average molecular weight is 304 g/mol. The second-order valence-corrected chi connectivity index (χ2v) is 6.56. The van der Waals surface area contributed by atoms with Gasteiger partial charge in [-0.1, -0.05) is 24.3 Å². The number of nitrogens with two attached hydrogens (primary N) is 1. The maximum Gasteiger partial charge on any atom is 0.237 e. The van der Waals surface area contributed by atoms with Crippen LogP contribution < -0.4 is 10.5 Å². The van der Waals surface area contributed by atoms with E-state index in [1.54, 1.807) is 6.08 Å². The summed E-state index contributed by atoms with van der Waals surface area (Å²) >= 11 is 0.